The number of rotatable bonds is 5. The van der Waals surface area contributed by atoms with Crippen LogP contribution in [0.3, 0.4) is 0 Å². The van der Waals surface area contributed by atoms with Crippen molar-refractivity contribution < 1.29 is 14.3 Å². The van der Waals surface area contributed by atoms with E-state index in [0.717, 1.165) is 30.2 Å². The number of nitrogens with one attached hydrogen (secondary N) is 1. The Morgan fingerprint density at radius 3 is 3.12 bits per heavy atom. The number of nitrogens with zero attached hydrogens (tertiary/aromatic N) is 3. The molecule has 134 valence electrons. The first-order chi connectivity index (χ1) is 12.7. The molecule has 0 saturated carbocycles. The summed E-state index contributed by atoms with van der Waals surface area (Å²) < 4.78 is 12.7. The number of carbonyl (C=O) groups is 1. The van der Waals surface area contributed by atoms with Crippen LogP contribution in [0.2, 0.25) is 0 Å². The minimum absolute atomic E-state index is 0.199. The van der Waals surface area contributed by atoms with Crippen LogP contribution in [-0.4, -0.2) is 40.5 Å². The molecule has 1 aliphatic rings. The second kappa shape index (κ2) is 7.13. The van der Waals surface area contributed by atoms with Gasteiger partial charge in [0.15, 0.2) is 0 Å². The van der Waals surface area contributed by atoms with Gasteiger partial charge in [-0.2, -0.15) is 5.10 Å². The second-order valence-electron chi connectivity index (χ2n) is 6.28. The van der Waals surface area contributed by atoms with Gasteiger partial charge in [-0.3, -0.25) is 9.48 Å². The summed E-state index contributed by atoms with van der Waals surface area (Å²) in [6, 6.07) is 9.42. The first-order valence-electron chi connectivity index (χ1n) is 8.62. The van der Waals surface area contributed by atoms with Crippen LogP contribution in [0.25, 0.3) is 10.8 Å². The van der Waals surface area contributed by atoms with Crippen LogP contribution in [0.1, 0.15) is 23.3 Å². The molecule has 2 aromatic heterocycles. The lowest BCUT2D eigenvalue weighted by atomic mass is 10.1. The van der Waals surface area contributed by atoms with E-state index in [2.05, 4.69) is 15.4 Å². The molecular weight excluding hydrogens is 332 g/mol. The number of methoxy groups -OCH3 is 1. The van der Waals surface area contributed by atoms with Crippen molar-refractivity contribution >= 4 is 22.4 Å². The maximum absolute atomic E-state index is 12.6. The highest BCUT2D eigenvalue weighted by Crippen LogP contribution is 2.24. The Bertz CT molecular complexity index is 931. The molecule has 0 radical (unpaired) electrons. The van der Waals surface area contributed by atoms with E-state index < -0.39 is 0 Å². The Balaban J connectivity index is 1.51. The molecule has 7 nitrogen and oxygen atoms in total. The number of hydrogen-bond donors (Lipinski definition) is 1. The molecule has 7 heteroatoms. The first-order valence-corrected chi connectivity index (χ1v) is 8.62. The monoisotopic (exact) mass is 352 g/mol. The molecule has 1 unspecified atom stereocenters. The van der Waals surface area contributed by atoms with Crippen molar-refractivity contribution in [2.75, 3.05) is 19.0 Å². The quantitative estimate of drug-likeness (QED) is 0.764. The summed E-state index contributed by atoms with van der Waals surface area (Å²) in [5, 5.41) is 8.90. The molecule has 1 atom stereocenters. The normalized spacial score (nSPS) is 16.7. The minimum Gasteiger partial charge on any atom is -0.481 e. The topological polar surface area (TPSA) is 78.3 Å². The lowest BCUT2D eigenvalue weighted by Crippen LogP contribution is -2.15. The molecule has 1 amide bonds. The largest absolute Gasteiger partial charge is 0.481 e. The third-order valence-corrected chi connectivity index (χ3v) is 4.44. The molecule has 1 aliphatic heterocycles. The average Bonchev–Trinajstić information content (AvgIpc) is 3.33. The van der Waals surface area contributed by atoms with E-state index in [1.165, 1.54) is 0 Å². The molecule has 3 aromatic rings. The number of ether oxygens (including phenoxy) is 2. The molecule has 0 aliphatic carbocycles. The van der Waals surface area contributed by atoms with Gasteiger partial charge in [-0.1, -0.05) is 18.2 Å². The smallest absolute Gasteiger partial charge is 0.274 e. The average molecular weight is 352 g/mol. The highest BCUT2D eigenvalue weighted by molar-refractivity contribution is 6.05. The van der Waals surface area contributed by atoms with Crippen LogP contribution in [0.4, 0.5) is 5.69 Å². The van der Waals surface area contributed by atoms with E-state index in [-0.39, 0.29) is 12.0 Å². The Labute approximate surface area is 150 Å². The van der Waals surface area contributed by atoms with Crippen LogP contribution in [0.5, 0.6) is 5.88 Å². The van der Waals surface area contributed by atoms with Gasteiger partial charge in [0.05, 0.1) is 31.6 Å². The van der Waals surface area contributed by atoms with E-state index in [9.17, 15) is 4.79 Å². The number of benzene rings is 1. The summed E-state index contributed by atoms with van der Waals surface area (Å²) >= 11 is 0. The third kappa shape index (κ3) is 3.39. The lowest BCUT2D eigenvalue weighted by Gasteiger charge is -2.09. The van der Waals surface area contributed by atoms with Crippen molar-refractivity contribution in [3.8, 4) is 5.88 Å². The molecule has 1 N–H and O–H groups in total. The molecule has 26 heavy (non-hydrogen) atoms. The van der Waals surface area contributed by atoms with E-state index in [1.54, 1.807) is 30.3 Å². The summed E-state index contributed by atoms with van der Waals surface area (Å²) in [5.74, 6) is 0.132. The van der Waals surface area contributed by atoms with Crippen LogP contribution in [0, 0.1) is 0 Å². The lowest BCUT2D eigenvalue weighted by molar-refractivity contribution is 0.0940. The molecule has 0 bridgehead atoms. The van der Waals surface area contributed by atoms with Crippen LogP contribution >= 0.6 is 0 Å². The van der Waals surface area contributed by atoms with E-state index in [0.29, 0.717) is 23.8 Å². The zero-order valence-corrected chi connectivity index (χ0v) is 14.5. The number of pyridine rings is 1. The van der Waals surface area contributed by atoms with Gasteiger partial charge in [-0.05, 0) is 30.4 Å². The highest BCUT2D eigenvalue weighted by Gasteiger charge is 2.17. The van der Waals surface area contributed by atoms with Crippen molar-refractivity contribution in [2.24, 2.45) is 0 Å². The number of carbonyl (C=O) groups excluding carboxylic acids is 1. The zero-order valence-electron chi connectivity index (χ0n) is 14.5. The standard InChI is InChI=1S/C19H20N4O3/c1-25-19-16-7-3-2-5-13(16)9-17(22-19)18(24)21-14-10-20-23(11-14)12-15-6-4-8-26-15/h2-3,5,7,9-11,15H,4,6,8,12H2,1H3,(H,21,24). The van der Waals surface area contributed by atoms with Gasteiger partial charge in [0.1, 0.15) is 5.69 Å². The Morgan fingerprint density at radius 2 is 2.31 bits per heavy atom. The van der Waals surface area contributed by atoms with Gasteiger partial charge < -0.3 is 14.8 Å². The predicted octanol–water partition coefficient (Wildman–Crippen LogP) is 2.87. The highest BCUT2D eigenvalue weighted by atomic mass is 16.5. The van der Waals surface area contributed by atoms with Crippen LogP contribution in [-0.2, 0) is 11.3 Å². The van der Waals surface area contributed by atoms with Gasteiger partial charge in [0, 0.05) is 18.2 Å². The number of hydrogen-bond acceptors (Lipinski definition) is 5. The molecule has 0 spiro atoms. The fourth-order valence-electron chi connectivity index (χ4n) is 3.16. The van der Waals surface area contributed by atoms with Gasteiger partial charge in [0.2, 0.25) is 5.88 Å². The summed E-state index contributed by atoms with van der Waals surface area (Å²) in [6.07, 6.45) is 5.76. The van der Waals surface area contributed by atoms with E-state index in [1.807, 2.05) is 24.3 Å². The second-order valence-corrected chi connectivity index (χ2v) is 6.28. The van der Waals surface area contributed by atoms with Crippen molar-refractivity contribution in [3.63, 3.8) is 0 Å². The number of anilines is 1. The molecule has 1 fully saturated rings. The Kier molecular flexibility index (Phi) is 4.53. The summed E-state index contributed by atoms with van der Waals surface area (Å²) in [4.78, 5) is 16.9. The molecule has 4 rings (SSSR count). The van der Waals surface area contributed by atoms with Crippen molar-refractivity contribution in [1.82, 2.24) is 14.8 Å². The maximum atomic E-state index is 12.6. The van der Waals surface area contributed by atoms with Crippen molar-refractivity contribution in [1.29, 1.82) is 0 Å². The fraction of sp³-hybridized carbons (Fsp3) is 0.316. The Hall–Kier alpha value is -2.93. The first kappa shape index (κ1) is 16.5. The van der Waals surface area contributed by atoms with Gasteiger partial charge in [0.25, 0.3) is 5.91 Å². The number of aromatic nitrogens is 3. The SMILES string of the molecule is COc1nc(C(=O)Nc2cnn(CC3CCCO3)c2)cc2ccccc12. The summed E-state index contributed by atoms with van der Waals surface area (Å²) in [6.45, 7) is 1.50. The predicted molar refractivity (Wildman–Crippen MR) is 97.4 cm³/mol. The summed E-state index contributed by atoms with van der Waals surface area (Å²) in [7, 11) is 1.55. The fourth-order valence-corrected chi connectivity index (χ4v) is 3.16. The number of fused-ring (bicyclic) bond motifs is 1. The number of amides is 1. The van der Waals surface area contributed by atoms with Gasteiger partial charge in [-0.15, -0.1) is 0 Å². The molecule has 1 aromatic carbocycles. The van der Waals surface area contributed by atoms with E-state index >= 15 is 0 Å². The summed E-state index contributed by atoms with van der Waals surface area (Å²) in [5.41, 5.74) is 0.925. The van der Waals surface area contributed by atoms with E-state index in [4.69, 9.17) is 9.47 Å². The van der Waals surface area contributed by atoms with Crippen molar-refractivity contribution in [3.05, 3.63) is 48.4 Å². The molecule has 3 heterocycles. The minimum atomic E-state index is -0.300. The Morgan fingerprint density at radius 1 is 1.42 bits per heavy atom. The third-order valence-electron chi connectivity index (χ3n) is 4.44. The van der Waals surface area contributed by atoms with Gasteiger partial charge in [-0.25, -0.2) is 4.98 Å². The van der Waals surface area contributed by atoms with Crippen molar-refractivity contribution in [2.45, 2.75) is 25.5 Å². The maximum Gasteiger partial charge on any atom is 0.274 e. The van der Waals surface area contributed by atoms with Crippen LogP contribution < -0.4 is 10.1 Å². The molecule has 1 saturated heterocycles. The van der Waals surface area contributed by atoms with Gasteiger partial charge >= 0.3 is 0 Å². The zero-order chi connectivity index (χ0) is 17.9. The molecular formula is C19H20N4O3. The van der Waals surface area contributed by atoms with Crippen LogP contribution in [0.15, 0.2) is 42.7 Å².